The molecule has 1 atom stereocenters. The molecule has 0 bridgehead atoms. The number of thiophene rings is 1. The lowest BCUT2D eigenvalue weighted by Gasteiger charge is -2.33. The predicted octanol–water partition coefficient (Wildman–Crippen LogP) is 4.09. The van der Waals surface area contributed by atoms with Gasteiger partial charge < -0.3 is 15.5 Å². The van der Waals surface area contributed by atoms with Crippen molar-refractivity contribution in [3.05, 3.63) is 88.4 Å². The fraction of sp³-hybridized carbons (Fsp3) is 0.333. The van der Waals surface area contributed by atoms with Gasteiger partial charge in [-0.15, -0.1) is 11.3 Å². The minimum Gasteiger partial charge on any atom is -0.351 e. The van der Waals surface area contributed by atoms with Gasteiger partial charge in [-0.1, -0.05) is 55.7 Å². The lowest BCUT2D eigenvalue weighted by molar-refractivity contribution is -0.141. The minimum atomic E-state index is -0.841. The van der Waals surface area contributed by atoms with Gasteiger partial charge in [-0.2, -0.15) is 0 Å². The number of benzene rings is 1. The molecule has 2 aromatic heterocycles. The SMILES string of the molecule is O=C(NCC(=O)N(Cc1ccccc1)[C@H](C(=O)NC1CCCCC1)c1ccncc1)c1cccs1. The van der Waals surface area contributed by atoms with E-state index in [1.165, 1.54) is 17.8 Å². The number of rotatable bonds is 9. The Balaban J connectivity index is 1.60. The van der Waals surface area contributed by atoms with Crippen LogP contribution in [0.15, 0.2) is 72.4 Å². The van der Waals surface area contributed by atoms with E-state index in [1.54, 1.807) is 41.6 Å². The average molecular weight is 491 g/mol. The Kier molecular flexibility index (Phi) is 8.62. The van der Waals surface area contributed by atoms with Crippen molar-refractivity contribution >= 4 is 29.1 Å². The van der Waals surface area contributed by atoms with Gasteiger partial charge in [0.15, 0.2) is 0 Å². The van der Waals surface area contributed by atoms with Gasteiger partial charge in [-0.25, -0.2) is 0 Å². The molecule has 8 heteroatoms. The highest BCUT2D eigenvalue weighted by molar-refractivity contribution is 7.12. The Labute approximate surface area is 209 Å². The van der Waals surface area contributed by atoms with E-state index in [2.05, 4.69) is 15.6 Å². The summed E-state index contributed by atoms with van der Waals surface area (Å²) in [4.78, 5) is 45.9. The molecular weight excluding hydrogens is 460 g/mol. The third-order valence-electron chi connectivity index (χ3n) is 6.19. The fourth-order valence-electron chi connectivity index (χ4n) is 4.40. The molecule has 3 aromatic rings. The summed E-state index contributed by atoms with van der Waals surface area (Å²) >= 11 is 1.31. The number of aromatic nitrogens is 1. The van der Waals surface area contributed by atoms with E-state index < -0.39 is 6.04 Å². The van der Waals surface area contributed by atoms with Gasteiger partial charge >= 0.3 is 0 Å². The molecule has 0 saturated heterocycles. The molecule has 0 unspecified atom stereocenters. The highest BCUT2D eigenvalue weighted by Crippen LogP contribution is 2.25. The number of hydrogen-bond donors (Lipinski definition) is 2. The molecule has 1 saturated carbocycles. The van der Waals surface area contributed by atoms with E-state index in [-0.39, 0.29) is 36.9 Å². The standard InChI is InChI=1S/C27H30N4O3S/c32-24(18-29-26(33)23-12-7-17-35-23)31(19-20-8-3-1-4-9-20)25(21-13-15-28-16-14-21)27(34)30-22-10-5-2-6-11-22/h1,3-4,7-9,12-17,22,25H,2,5-6,10-11,18-19H2,(H,29,33)(H,30,34)/t25-/m0/s1. The lowest BCUT2D eigenvalue weighted by Crippen LogP contribution is -2.49. The van der Waals surface area contributed by atoms with Crippen LogP contribution in [0.4, 0.5) is 0 Å². The highest BCUT2D eigenvalue weighted by Gasteiger charge is 2.33. The summed E-state index contributed by atoms with van der Waals surface area (Å²) in [6, 6.07) is 15.9. The smallest absolute Gasteiger partial charge is 0.261 e. The van der Waals surface area contributed by atoms with Gasteiger partial charge in [0.2, 0.25) is 11.8 Å². The third-order valence-corrected chi connectivity index (χ3v) is 7.06. The normalized spacial score (nSPS) is 14.6. The average Bonchev–Trinajstić information content (AvgIpc) is 3.44. The number of nitrogens with zero attached hydrogens (tertiary/aromatic N) is 2. The summed E-state index contributed by atoms with van der Waals surface area (Å²) in [5.74, 6) is -0.851. The maximum Gasteiger partial charge on any atom is 0.261 e. The molecule has 35 heavy (non-hydrogen) atoms. The van der Waals surface area contributed by atoms with Gasteiger partial charge in [-0.05, 0) is 47.5 Å². The number of hydrogen-bond acceptors (Lipinski definition) is 5. The molecule has 0 spiro atoms. The summed E-state index contributed by atoms with van der Waals surface area (Å²) < 4.78 is 0. The van der Waals surface area contributed by atoms with Gasteiger partial charge in [0.05, 0.1) is 11.4 Å². The molecule has 1 aromatic carbocycles. The molecular formula is C27H30N4O3S. The largest absolute Gasteiger partial charge is 0.351 e. The minimum absolute atomic E-state index is 0.104. The maximum absolute atomic E-state index is 13.7. The zero-order valence-corrected chi connectivity index (χ0v) is 20.4. The van der Waals surface area contributed by atoms with E-state index in [0.717, 1.165) is 31.2 Å². The monoisotopic (exact) mass is 490 g/mol. The molecule has 0 aliphatic heterocycles. The Morgan fingerprint density at radius 2 is 1.71 bits per heavy atom. The molecule has 0 radical (unpaired) electrons. The summed E-state index contributed by atoms with van der Waals surface area (Å²) in [5, 5.41) is 7.71. The van der Waals surface area contributed by atoms with E-state index in [1.807, 2.05) is 35.7 Å². The first-order valence-corrected chi connectivity index (χ1v) is 12.8. The van der Waals surface area contributed by atoms with E-state index in [0.29, 0.717) is 10.4 Å². The first-order valence-electron chi connectivity index (χ1n) is 12.0. The van der Waals surface area contributed by atoms with E-state index >= 15 is 0 Å². The second-order valence-corrected chi connectivity index (χ2v) is 9.64. The van der Waals surface area contributed by atoms with E-state index in [9.17, 15) is 14.4 Å². The Morgan fingerprint density at radius 3 is 2.40 bits per heavy atom. The summed E-state index contributed by atoms with van der Waals surface area (Å²) in [6.45, 7) is 0.0292. The second-order valence-electron chi connectivity index (χ2n) is 8.69. The number of carbonyl (C=O) groups is 3. The molecule has 2 N–H and O–H groups in total. The molecule has 4 rings (SSSR count). The van der Waals surface area contributed by atoms with Crippen molar-refractivity contribution in [3.8, 4) is 0 Å². The first kappa shape index (κ1) is 24.6. The van der Waals surface area contributed by atoms with Gasteiger partial charge in [0, 0.05) is 25.0 Å². The molecule has 182 valence electrons. The van der Waals surface area contributed by atoms with Crippen LogP contribution in [0.3, 0.4) is 0 Å². The van der Waals surface area contributed by atoms with Gasteiger partial charge in [-0.3, -0.25) is 19.4 Å². The van der Waals surface area contributed by atoms with Gasteiger partial charge in [0.25, 0.3) is 5.91 Å². The third kappa shape index (κ3) is 6.76. The van der Waals surface area contributed by atoms with Crippen molar-refractivity contribution in [2.24, 2.45) is 0 Å². The van der Waals surface area contributed by atoms with Crippen LogP contribution in [0, 0.1) is 0 Å². The number of pyridine rings is 1. The quantitative estimate of drug-likeness (QED) is 0.473. The molecule has 3 amide bonds. The van der Waals surface area contributed by atoms with Crippen LogP contribution < -0.4 is 10.6 Å². The van der Waals surface area contributed by atoms with Crippen molar-refractivity contribution in [1.29, 1.82) is 0 Å². The number of carbonyl (C=O) groups excluding carboxylic acids is 3. The van der Waals surface area contributed by atoms with Crippen LogP contribution in [0.25, 0.3) is 0 Å². The molecule has 1 fully saturated rings. The fourth-order valence-corrected chi connectivity index (χ4v) is 5.04. The summed E-state index contributed by atoms with van der Waals surface area (Å²) in [5.41, 5.74) is 1.58. The van der Waals surface area contributed by atoms with Crippen molar-refractivity contribution in [2.45, 2.75) is 50.7 Å². The van der Waals surface area contributed by atoms with Crippen LogP contribution in [0.5, 0.6) is 0 Å². The van der Waals surface area contributed by atoms with Gasteiger partial charge in [0.1, 0.15) is 6.04 Å². The summed E-state index contributed by atoms with van der Waals surface area (Å²) in [7, 11) is 0. The second kappa shape index (κ2) is 12.3. The Hall–Kier alpha value is -3.52. The van der Waals surface area contributed by atoms with Crippen LogP contribution in [-0.2, 0) is 16.1 Å². The molecule has 1 aliphatic rings. The van der Waals surface area contributed by atoms with Crippen LogP contribution >= 0.6 is 11.3 Å². The lowest BCUT2D eigenvalue weighted by atomic mass is 9.94. The first-order chi connectivity index (χ1) is 17.1. The Bertz CT molecular complexity index is 1100. The topological polar surface area (TPSA) is 91.4 Å². The maximum atomic E-state index is 13.7. The van der Waals surface area contributed by atoms with E-state index in [4.69, 9.17) is 0 Å². The number of nitrogens with one attached hydrogen (secondary N) is 2. The Morgan fingerprint density at radius 1 is 0.971 bits per heavy atom. The van der Waals surface area contributed by atoms with Crippen molar-refractivity contribution in [2.75, 3.05) is 6.54 Å². The molecule has 7 nitrogen and oxygen atoms in total. The predicted molar refractivity (Wildman–Crippen MR) is 136 cm³/mol. The van der Waals surface area contributed by atoms with Crippen molar-refractivity contribution < 1.29 is 14.4 Å². The summed E-state index contributed by atoms with van der Waals surface area (Å²) in [6.07, 6.45) is 8.50. The molecule has 1 aliphatic carbocycles. The van der Waals surface area contributed by atoms with Crippen LogP contribution in [-0.4, -0.2) is 40.2 Å². The highest BCUT2D eigenvalue weighted by atomic mass is 32.1. The van der Waals surface area contributed by atoms with Crippen molar-refractivity contribution in [1.82, 2.24) is 20.5 Å². The molecule has 2 heterocycles. The number of amides is 3. The zero-order valence-electron chi connectivity index (χ0n) is 19.6. The zero-order chi connectivity index (χ0) is 24.5. The van der Waals surface area contributed by atoms with Crippen molar-refractivity contribution in [3.63, 3.8) is 0 Å². The van der Waals surface area contributed by atoms with Crippen LogP contribution in [0.1, 0.15) is 58.9 Å². The van der Waals surface area contributed by atoms with Crippen LogP contribution in [0.2, 0.25) is 0 Å².